The summed E-state index contributed by atoms with van der Waals surface area (Å²) in [6.07, 6.45) is 3.40. The van der Waals surface area contributed by atoms with E-state index in [1.807, 2.05) is 45.2 Å². The molecule has 2 heterocycles. The number of rotatable bonds is 8. The molecule has 0 amide bonds. The van der Waals surface area contributed by atoms with E-state index < -0.39 is 29.3 Å². The highest BCUT2D eigenvalue weighted by Gasteiger charge is 2.28. The Hall–Kier alpha value is -3.81. The molecule has 0 fully saturated rings. The van der Waals surface area contributed by atoms with Gasteiger partial charge in [0.2, 0.25) is 0 Å². The Bertz CT molecular complexity index is 1490. The van der Waals surface area contributed by atoms with E-state index in [9.17, 15) is 19.5 Å². The zero-order valence-electron chi connectivity index (χ0n) is 19.8. The maximum atomic E-state index is 13.9. The minimum Gasteiger partial charge on any atom is -0.497 e. The number of aryl methyl sites for hydroxylation is 1. The Kier molecular flexibility index (Phi) is 6.32. The number of ether oxygens (including phenoxy) is 1. The molecule has 0 radical (unpaired) electrons. The van der Waals surface area contributed by atoms with Crippen LogP contribution < -0.4 is 16.0 Å². The number of benzene rings is 2. The minimum atomic E-state index is -1.24. The summed E-state index contributed by atoms with van der Waals surface area (Å²) in [4.78, 5) is 42.7. The van der Waals surface area contributed by atoms with Gasteiger partial charge in [-0.2, -0.15) is 0 Å². The monoisotopic (exact) mass is 463 g/mol. The van der Waals surface area contributed by atoms with Crippen LogP contribution in [0, 0.1) is 6.92 Å². The lowest BCUT2D eigenvalue weighted by Crippen LogP contribution is -2.45. The molecule has 0 aliphatic rings. The van der Waals surface area contributed by atoms with Crippen LogP contribution in [0.5, 0.6) is 5.75 Å². The molecule has 8 nitrogen and oxygen atoms in total. The van der Waals surface area contributed by atoms with Crippen molar-refractivity contribution < 1.29 is 14.6 Å². The molecule has 0 saturated heterocycles. The second-order valence-electron chi connectivity index (χ2n) is 8.62. The van der Waals surface area contributed by atoms with Crippen molar-refractivity contribution in [1.29, 1.82) is 0 Å². The Balaban J connectivity index is 2.07. The maximum absolute atomic E-state index is 13.9. The number of nitrogens with one attached hydrogen (secondary N) is 1. The summed E-state index contributed by atoms with van der Waals surface area (Å²) in [7, 11) is 1.52. The Labute approximate surface area is 196 Å². The van der Waals surface area contributed by atoms with Gasteiger partial charge in [0.1, 0.15) is 11.8 Å². The van der Waals surface area contributed by atoms with Crippen molar-refractivity contribution in [3.63, 3.8) is 0 Å². The maximum Gasteiger partial charge on any atom is 0.332 e. The van der Waals surface area contributed by atoms with E-state index in [0.29, 0.717) is 17.7 Å². The first-order chi connectivity index (χ1) is 16.3. The molecule has 2 aromatic carbocycles. The third-order valence-electron chi connectivity index (χ3n) is 6.54. The number of hydrogen-bond acceptors (Lipinski definition) is 4. The van der Waals surface area contributed by atoms with Crippen LogP contribution in [-0.2, 0) is 4.79 Å². The van der Waals surface area contributed by atoms with Crippen LogP contribution in [0.15, 0.2) is 52.2 Å². The van der Waals surface area contributed by atoms with Gasteiger partial charge in [0.25, 0.3) is 5.56 Å². The molecule has 4 aromatic rings. The number of aliphatic carboxylic acids is 1. The Morgan fingerprint density at radius 2 is 1.94 bits per heavy atom. The predicted molar refractivity (Wildman–Crippen MR) is 132 cm³/mol. The average Bonchev–Trinajstić information content (AvgIpc) is 3.26. The van der Waals surface area contributed by atoms with Crippen LogP contribution in [-0.4, -0.2) is 32.3 Å². The molecule has 2 atom stereocenters. The van der Waals surface area contributed by atoms with Gasteiger partial charge in [-0.05, 0) is 44.0 Å². The molecule has 0 aliphatic carbocycles. The molecule has 0 spiro atoms. The van der Waals surface area contributed by atoms with Crippen molar-refractivity contribution in [3.05, 3.63) is 74.6 Å². The third kappa shape index (κ3) is 3.79. The Morgan fingerprint density at radius 3 is 2.62 bits per heavy atom. The number of hydrogen-bond donors (Lipinski definition) is 2. The molecule has 4 rings (SSSR count). The summed E-state index contributed by atoms with van der Waals surface area (Å²) >= 11 is 0. The number of unbranched alkanes of at least 4 members (excludes halogenated alkanes) is 1. The van der Waals surface area contributed by atoms with Crippen LogP contribution in [0.25, 0.3) is 21.8 Å². The van der Waals surface area contributed by atoms with E-state index in [1.54, 1.807) is 18.2 Å². The Morgan fingerprint density at radius 1 is 1.18 bits per heavy atom. The summed E-state index contributed by atoms with van der Waals surface area (Å²) < 4.78 is 7.78. The summed E-state index contributed by atoms with van der Waals surface area (Å²) in [5.74, 6) is -0.691. The largest absolute Gasteiger partial charge is 0.497 e. The smallest absolute Gasteiger partial charge is 0.332 e. The molecule has 34 heavy (non-hydrogen) atoms. The zero-order valence-corrected chi connectivity index (χ0v) is 19.8. The topological polar surface area (TPSA) is 106 Å². The number of carboxylic acid groups (broad SMARTS) is 1. The van der Waals surface area contributed by atoms with Crippen molar-refractivity contribution >= 4 is 27.8 Å². The van der Waals surface area contributed by atoms with E-state index in [4.69, 9.17) is 4.74 Å². The standard InChI is InChI=1S/C26H29N3O5/c1-5-6-10-21(25(31)32)29-24(30)18-12-11-17(34-4)13-22(18)28(26(29)33)16(3)19-14-27-20-9-7-8-15(2)23(19)20/h7-9,11-14,16,21,27H,5-6,10H2,1-4H3,(H,31,32). The molecular formula is C26H29N3O5. The number of fused-ring (bicyclic) bond motifs is 2. The van der Waals surface area contributed by atoms with Gasteiger partial charge >= 0.3 is 11.7 Å². The highest BCUT2D eigenvalue weighted by atomic mass is 16.5. The van der Waals surface area contributed by atoms with Crippen molar-refractivity contribution in [3.8, 4) is 5.75 Å². The number of H-pyrrole nitrogens is 1. The van der Waals surface area contributed by atoms with Crippen molar-refractivity contribution in [2.75, 3.05) is 7.11 Å². The van der Waals surface area contributed by atoms with Gasteiger partial charge in [0.15, 0.2) is 0 Å². The summed E-state index contributed by atoms with van der Waals surface area (Å²) in [6, 6.07) is 9.10. The predicted octanol–water partition coefficient (Wildman–Crippen LogP) is 4.39. The molecular weight excluding hydrogens is 434 g/mol. The van der Waals surface area contributed by atoms with E-state index in [1.165, 1.54) is 11.7 Å². The van der Waals surface area contributed by atoms with Crippen LogP contribution in [0.3, 0.4) is 0 Å². The SMILES string of the molecule is CCCCC(C(=O)O)n1c(=O)c2ccc(OC)cc2n(C(C)c2c[nH]c3cccc(C)c23)c1=O. The van der Waals surface area contributed by atoms with Gasteiger partial charge in [-0.3, -0.25) is 9.36 Å². The van der Waals surface area contributed by atoms with E-state index in [2.05, 4.69) is 4.98 Å². The van der Waals surface area contributed by atoms with Crippen molar-refractivity contribution in [2.45, 2.75) is 52.1 Å². The average molecular weight is 464 g/mol. The van der Waals surface area contributed by atoms with Gasteiger partial charge in [0.05, 0.1) is 24.1 Å². The molecule has 0 bridgehead atoms. The molecule has 0 aliphatic heterocycles. The van der Waals surface area contributed by atoms with Crippen molar-refractivity contribution in [2.24, 2.45) is 0 Å². The second kappa shape index (κ2) is 9.21. The van der Waals surface area contributed by atoms with Gasteiger partial charge in [-0.1, -0.05) is 31.9 Å². The fraction of sp³-hybridized carbons (Fsp3) is 0.346. The minimum absolute atomic E-state index is 0.198. The summed E-state index contributed by atoms with van der Waals surface area (Å²) in [6.45, 7) is 5.82. The summed E-state index contributed by atoms with van der Waals surface area (Å²) in [5, 5.41) is 11.2. The van der Waals surface area contributed by atoms with Gasteiger partial charge < -0.3 is 14.8 Å². The lowest BCUT2D eigenvalue weighted by molar-refractivity contribution is -0.141. The fourth-order valence-electron chi connectivity index (χ4n) is 4.73. The van der Waals surface area contributed by atoms with Gasteiger partial charge in [-0.15, -0.1) is 0 Å². The first-order valence-corrected chi connectivity index (χ1v) is 11.4. The first-order valence-electron chi connectivity index (χ1n) is 11.4. The first kappa shape index (κ1) is 23.4. The third-order valence-corrected chi connectivity index (χ3v) is 6.54. The number of methoxy groups -OCH3 is 1. The van der Waals surface area contributed by atoms with Gasteiger partial charge in [0, 0.05) is 28.7 Å². The lowest BCUT2D eigenvalue weighted by Gasteiger charge is -2.23. The molecule has 178 valence electrons. The highest BCUT2D eigenvalue weighted by Crippen LogP contribution is 2.31. The quantitative estimate of drug-likeness (QED) is 0.403. The number of aromatic amines is 1. The second-order valence-corrected chi connectivity index (χ2v) is 8.62. The van der Waals surface area contributed by atoms with Crippen LogP contribution in [0.1, 0.15) is 56.3 Å². The summed E-state index contributed by atoms with van der Waals surface area (Å²) in [5.41, 5.74) is 2.02. The molecule has 2 N–H and O–H groups in total. The van der Waals surface area contributed by atoms with Crippen LogP contribution in [0.4, 0.5) is 0 Å². The fourth-order valence-corrected chi connectivity index (χ4v) is 4.73. The normalized spacial score (nSPS) is 13.3. The number of nitrogens with zero attached hydrogens (tertiary/aromatic N) is 2. The number of carbonyl (C=O) groups is 1. The molecule has 8 heteroatoms. The van der Waals surface area contributed by atoms with Gasteiger partial charge in [-0.25, -0.2) is 14.2 Å². The van der Waals surface area contributed by atoms with Crippen molar-refractivity contribution in [1.82, 2.24) is 14.1 Å². The number of aromatic nitrogens is 3. The van der Waals surface area contributed by atoms with E-state index >= 15 is 0 Å². The molecule has 0 saturated carbocycles. The highest BCUT2D eigenvalue weighted by molar-refractivity contribution is 5.87. The lowest BCUT2D eigenvalue weighted by atomic mass is 10.0. The van der Waals surface area contributed by atoms with Crippen LogP contribution in [0.2, 0.25) is 0 Å². The van der Waals surface area contributed by atoms with E-state index in [0.717, 1.165) is 33.0 Å². The van der Waals surface area contributed by atoms with Crippen LogP contribution >= 0.6 is 0 Å². The molecule has 2 unspecified atom stereocenters. The molecule has 2 aromatic heterocycles. The number of carboxylic acids is 1. The zero-order chi connectivity index (χ0) is 24.6. The van der Waals surface area contributed by atoms with E-state index in [-0.39, 0.29) is 11.8 Å².